The van der Waals surface area contributed by atoms with Crippen molar-refractivity contribution in [3.63, 3.8) is 0 Å². The van der Waals surface area contributed by atoms with Crippen LogP contribution in [0.3, 0.4) is 0 Å². The molecular formula is C16H33N3O. The normalized spacial score (nSPS) is 18.2. The second-order valence-corrected chi connectivity index (χ2v) is 6.00. The Labute approximate surface area is 124 Å². The van der Waals surface area contributed by atoms with Crippen LogP contribution in [0.4, 0.5) is 0 Å². The van der Waals surface area contributed by atoms with Crippen LogP contribution in [-0.4, -0.2) is 49.6 Å². The van der Waals surface area contributed by atoms with Crippen molar-refractivity contribution in [2.24, 2.45) is 0 Å². The Morgan fingerprint density at radius 3 is 2.35 bits per heavy atom. The van der Waals surface area contributed by atoms with Crippen LogP contribution in [-0.2, 0) is 4.79 Å². The van der Waals surface area contributed by atoms with Crippen molar-refractivity contribution in [2.75, 3.05) is 33.2 Å². The summed E-state index contributed by atoms with van der Waals surface area (Å²) in [7, 11) is 2.00. The zero-order valence-corrected chi connectivity index (χ0v) is 13.6. The highest BCUT2D eigenvalue weighted by molar-refractivity contribution is 5.77. The molecule has 0 saturated heterocycles. The summed E-state index contributed by atoms with van der Waals surface area (Å²) in [6, 6.07) is 0. The minimum absolute atomic E-state index is 0.0568. The van der Waals surface area contributed by atoms with E-state index < -0.39 is 0 Å². The maximum Gasteiger partial charge on any atom is 0.221 e. The molecule has 0 aliphatic heterocycles. The summed E-state index contributed by atoms with van der Waals surface area (Å²) in [4.78, 5) is 14.5. The molecule has 0 aromatic carbocycles. The molecule has 20 heavy (non-hydrogen) atoms. The number of carbonyl (C=O) groups is 1. The third kappa shape index (κ3) is 5.80. The predicted octanol–water partition coefficient (Wildman–Crippen LogP) is 2.15. The van der Waals surface area contributed by atoms with Gasteiger partial charge in [-0.2, -0.15) is 0 Å². The van der Waals surface area contributed by atoms with Gasteiger partial charge in [-0.15, -0.1) is 0 Å². The number of amides is 1. The van der Waals surface area contributed by atoms with E-state index in [1.54, 1.807) is 0 Å². The first-order valence-electron chi connectivity index (χ1n) is 8.33. The lowest BCUT2D eigenvalue weighted by molar-refractivity contribution is -0.122. The number of hydrogen-bond donors (Lipinski definition) is 2. The summed E-state index contributed by atoms with van der Waals surface area (Å²) < 4.78 is 0. The van der Waals surface area contributed by atoms with Gasteiger partial charge in [0.2, 0.25) is 5.91 Å². The fourth-order valence-electron chi connectivity index (χ4n) is 3.18. The highest BCUT2D eigenvalue weighted by atomic mass is 16.1. The van der Waals surface area contributed by atoms with Crippen LogP contribution in [0.5, 0.6) is 0 Å². The quantitative estimate of drug-likeness (QED) is 0.637. The van der Waals surface area contributed by atoms with E-state index >= 15 is 0 Å². The molecule has 1 fully saturated rings. The summed E-state index contributed by atoms with van der Waals surface area (Å²) >= 11 is 0. The van der Waals surface area contributed by atoms with Crippen molar-refractivity contribution in [1.82, 2.24) is 15.5 Å². The number of carbonyl (C=O) groups excluding carboxylic acids is 1. The maximum absolute atomic E-state index is 12.1. The zero-order chi connectivity index (χ0) is 14.8. The highest BCUT2D eigenvalue weighted by Crippen LogP contribution is 2.30. The molecule has 1 aliphatic carbocycles. The van der Waals surface area contributed by atoms with Crippen LogP contribution < -0.4 is 10.6 Å². The van der Waals surface area contributed by atoms with Crippen molar-refractivity contribution < 1.29 is 4.79 Å². The third-order valence-electron chi connectivity index (χ3n) is 4.71. The van der Waals surface area contributed by atoms with E-state index in [9.17, 15) is 4.79 Å². The monoisotopic (exact) mass is 283 g/mol. The van der Waals surface area contributed by atoms with E-state index in [0.29, 0.717) is 6.42 Å². The van der Waals surface area contributed by atoms with Crippen molar-refractivity contribution in [3.05, 3.63) is 0 Å². The molecule has 0 heterocycles. The van der Waals surface area contributed by atoms with Crippen molar-refractivity contribution in [2.45, 2.75) is 64.3 Å². The molecule has 4 nitrogen and oxygen atoms in total. The van der Waals surface area contributed by atoms with Crippen LogP contribution in [0.2, 0.25) is 0 Å². The summed E-state index contributed by atoms with van der Waals surface area (Å²) in [5, 5.41) is 6.49. The molecule has 1 rings (SSSR count). The zero-order valence-electron chi connectivity index (χ0n) is 13.6. The Kier molecular flexibility index (Phi) is 8.15. The topological polar surface area (TPSA) is 44.4 Å². The Hall–Kier alpha value is -0.610. The van der Waals surface area contributed by atoms with Gasteiger partial charge in [-0.1, -0.05) is 33.1 Å². The van der Waals surface area contributed by atoms with E-state index in [1.807, 2.05) is 7.05 Å². The summed E-state index contributed by atoms with van der Waals surface area (Å²) in [6.45, 7) is 8.42. The van der Waals surface area contributed by atoms with Gasteiger partial charge in [-0.25, -0.2) is 0 Å². The molecule has 0 aromatic rings. The second-order valence-electron chi connectivity index (χ2n) is 6.00. The maximum atomic E-state index is 12.1. The standard InChI is InChI=1S/C16H33N3O/c1-4-19(5-2)13-9-12-18-15(20)14-16(17-3)10-7-6-8-11-16/h17H,4-14H2,1-3H3,(H,18,20). The minimum atomic E-state index is 0.0568. The SMILES string of the molecule is CCN(CC)CCCNC(=O)CC1(NC)CCCCC1. The van der Waals surface area contributed by atoms with E-state index in [-0.39, 0.29) is 11.4 Å². The second kappa shape index (κ2) is 9.35. The van der Waals surface area contributed by atoms with Gasteiger partial charge in [0.25, 0.3) is 0 Å². The van der Waals surface area contributed by atoms with Crippen LogP contribution >= 0.6 is 0 Å². The van der Waals surface area contributed by atoms with Gasteiger partial charge in [-0.3, -0.25) is 4.79 Å². The average Bonchev–Trinajstić information content (AvgIpc) is 2.48. The predicted molar refractivity (Wildman–Crippen MR) is 84.9 cm³/mol. The number of nitrogens with one attached hydrogen (secondary N) is 2. The first-order valence-corrected chi connectivity index (χ1v) is 8.33. The Balaban J connectivity index is 2.22. The number of hydrogen-bond acceptors (Lipinski definition) is 3. The molecule has 0 aromatic heterocycles. The van der Waals surface area contributed by atoms with Crippen molar-refractivity contribution in [3.8, 4) is 0 Å². The average molecular weight is 283 g/mol. The Morgan fingerprint density at radius 2 is 1.80 bits per heavy atom. The summed E-state index contributed by atoms with van der Waals surface area (Å²) in [5.74, 6) is 0.209. The van der Waals surface area contributed by atoms with Crippen LogP contribution in [0.15, 0.2) is 0 Å². The van der Waals surface area contributed by atoms with Gasteiger partial charge in [-0.05, 0) is 45.9 Å². The van der Waals surface area contributed by atoms with Crippen LogP contribution in [0.25, 0.3) is 0 Å². The molecule has 0 atom stereocenters. The Bertz CT molecular complexity index is 271. The van der Waals surface area contributed by atoms with Crippen molar-refractivity contribution >= 4 is 5.91 Å². The van der Waals surface area contributed by atoms with Crippen LogP contribution in [0, 0.1) is 0 Å². The molecule has 0 radical (unpaired) electrons. The van der Waals surface area contributed by atoms with E-state index in [0.717, 1.165) is 45.4 Å². The van der Waals surface area contributed by atoms with E-state index in [4.69, 9.17) is 0 Å². The van der Waals surface area contributed by atoms with Gasteiger partial charge in [0.1, 0.15) is 0 Å². The van der Waals surface area contributed by atoms with Gasteiger partial charge in [0.05, 0.1) is 0 Å². The first kappa shape index (κ1) is 17.4. The van der Waals surface area contributed by atoms with Crippen LogP contribution in [0.1, 0.15) is 58.8 Å². The molecule has 1 saturated carbocycles. The third-order valence-corrected chi connectivity index (χ3v) is 4.71. The molecule has 0 bridgehead atoms. The van der Waals surface area contributed by atoms with Gasteiger partial charge >= 0.3 is 0 Å². The van der Waals surface area contributed by atoms with Gasteiger partial charge in [0, 0.05) is 18.5 Å². The van der Waals surface area contributed by atoms with Gasteiger partial charge < -0.3 is 15.5 Å². The lowest BCUT2D eigenvalue weighted by Crippen LogP contribution is -2.48. The fraction of sp³-hybridized carbons (Fsp3) is 0.938. The largest absolute Gasteiger partial charge is 0.356 e. The summed E-state index contributed by atoms with van der Waals surface area (Å²) in [6.07, 6.45) is 7.75. The lowest BCUT2D eigenvalue weighted by atomic mass is 9.79. The van der Waals surface area contributed by atoms with E-state index in [1.165, 1.54) is 19.3 Å². The first-order chi connectivity index (χ1) is 9.65. The molecular weight excluding hydrogens is 250 g/mol. The Morgan fingerprint density at radius 1 is 1.15 bits per heavy atom. The lowest BCUT2D eigenvalue weighted by Gasteiger charge is -2.36. The van der Waals surface area contributed by atoms with E-state index in [2.05, 4.69) is 29.4 Å². The molecule has 4 heteroatoms. The number of nitrogens with zero attached hydrogens (tertiary/aromatic N) is 1. The fourth-order valence-corrected chi connectivity index (χ4v) is 3.18. The molecule has 1 amide bonds. The molecule has 0 spiro atoms. The highest BCUT2D eigenvalue weighted by Gasteiger charge is 2.32. The molecule has 118 valence electrons. The van der Waals surface area contributed by atoms with Gasteiger partial charge in [0.15, 0.2) is 0 Å². The molecule has 0 unspecified atom stereocenters. The minimum Gasteiger partial charge on any atom is -0.356 e. The smallest absolute Gasteiger partial charge is 0.221 e. The molecule has 2 N–H and O–H groups in total. The van der Waals surface area contributed by atoms with Crippen molar-refractivity contribution in [1.29, 1.82) is 0 Å². The number of rotatable bonds is 9. The molecule has 1 aliphatic rings. The summed E-state index contributed by atoms with van der Waals surface area (Å²) in [5.41, 5.74) is 0.0568.